The molecule has 0 unspecified atom stereocenters. The minimum absolute atomic E-state index is 0.125. The normalized spacial score (nSPS) is 10.6. The largest absolute Gasteiger partial charge is 0.322 e. The van der Waals surface area contributed by atoms with Crippen molar-refractivity contribution in [3.8, 4) is 0 Å². The van der Waals surface area contributed by atoms with Crippen molar-refractivity contribution >= 4 is 34.1 Å². The average Bonchev–Trinajstić information content (AvgIpc) is 2.75. The summed E-state index contributed by atoms with van der Waals surface area (Å²) in [7, 11) is 0. The molecular formula is C22H14F2N4O3. The molecule has 3 N–H and O–H groups in total. The van der Waals surface area contributed by atoms with E-state index in [2.05, 4.69) is 20.6 Å². The van der Waals surface area contributed by atoms with Crippen molar-refractivity contribution in [1.82, 2.24) is 9.97 Å². The van der Waals surface area contributed by atoms with E-state index >= 15 is 0 Å². The van der Waals surface area contributed by atoms with E-state index < -0.39 is 29.0 Å². The number of aromatic amines is 1. The highest BCUT2D eigenvalue weighted by atomic mass is 19.1. The lowest BCUT2D eigenvalue weighted by Crippen LogP contribution is -2.16. The van der Waals surface area contributed by atoms with E-state index in [1.165, 1.54) is 30.3 Å². The van der Waals surface area contributed by atoms with E-state index in [1.54, 1.807) is 12.1 Å². The zero-order valence-electron chi connectivity index (χ0n) is 15.8. The molecule has 2 amide bonds. The van der Waals surface area contributed by atoms with E-state index in [1.807, 2.05) is 0 Å². The number of rotatable bonds is 4. The Hall–Kier alpha value is -4.40. The number of amides is 2. The monoisotopic (exact) mass is 420 g/mol. The van der Waals surface area contributed by atoms with Crippen LogP contribution in [0, 0.1) is 11.6 Å². The van der Waals surface area contributed by atoms with Gasteiger partial charge in [-0.15, -0.1) is 0 Å². The van der Waals surface area contributed by atoms with Gasteiger partial charge in [0.15, 0.2) is 0 Å². The molecule has 31 heavy (non-hydrogen) atoms. The minimum atomic E-state index is -0.750. The number of H-pyrrole nitrogens is 1. The van der Waals surface area contributed by atoms with Gasteiger partial charge in [-0.2, -0.15) is 0 Å². The van der Waals surface area contributed by atoms with Crippen LogP contribution in [0.2, 0.25) is 0 Å². The number of benzene rings is 3. The lowest BCUT2D eigenvalue weighted by atomic mass is 10.1. The van der Waals surface area contributed by atoms with Crippen LogP contribution >= 0.6 is 0 Å². The fourth-order valence-corrected chi connectivity index (χ4v) is 2.92. The van der Waals surface area contributed by atoms with E-state index in [0.29, 0.717) is 5.69 Å². The highest BCUT2D eigenvalue weighted by Crippen LogP contribution is 2.21. The third kappa shape index (κ3) is 4.30. The summed E-state index contributed by atoms with van der Waals surface area (Å²) in [6.07, 6.45) is 1.16. The molecule has 0 radical (unpaired) electrons. The standard InChI is InChI=1S/C22H14F2N4O3/c23-14-6-4-12(5-7-14)20(29)27-15-3-1-2-13(8-15)21(30)28-19-9-16-18(10-17(19)24)25-11-26-22(16)31/h1-11H,(H,27,29)(H,28,30)(H,25,26,31). The van der Waals surface area contributed by atoms with Crippen LogP contribution in [0.5, 0.6) is 0 Å². The van der Waals surface area contributed by atoms with Crippen molar-refractivity contribution in [3.63, 3.8) is 0 Å². The summed E-state index contributed by atoms with van der Waals surface area (Å²) in [5.74, 6) is -2.34. The van der Waals surface area contributed by atoms with Gasteiger partial charge in [-0.1, -0.05) is 6.07 Å². The maximum atomic E-state index is 14.3. The summed E-state index contributed by atoms with van der Waals surface area (Å²) in [6.45, 7) is 0. The molecule has 0 fully saturated rings. The Morgan fingerprint density at radius 1 is 0.871 bits per heavy atom. The second-order valence-corrected chi connectivity index (χ2v) is 6.58. The summed E-state index contributed by atoms with van der Waals surface area (Å²) in [4.78, 5) is 43.0. The number of nitrogens with one attached hydrogen (secondary N) is 3. The van der Waals surface area contributed by atoms with E-state index in [-0.39, 0.29) is 27.7 Å². The molecule has 4 rings (SSSR count). The zero-order valence-corrected chi connectivity index (χ0v) is 15.8. The van der Waals surface area contributed by atoms with Crippen LogP contribution in [0.1, 0.15) is 20.7 Å². The number of halogens is 2. The van der Waals surface area contributed by atoms with Gasteiger partial charge in [-0.25, -0.2) is 13.8 Å². The van der Waals surface area contributed by atoms with Crippen molar-refractivity contribution in [3.05, 3.63) is 100 Å². The third-order valence-electron chi connectivity index (χ3n) is 4.47. The predicted octanol–water partition coefficient (Wildman–Crippen LogP) is 3.71. The summed E-state index contributed by atoms with van der Waals surface area (Å²) < 4.78 is 27.4. The van der Waals surface area contributed by atoms with Crippen LogP contribution < -0.4 is 16.2 Å². The molecule has 4 aromatic rings. The second-order valence-electron chi connectivity index (χ2n) is 6.58. The van der Waals surface area contributed by atoms with Crippen molar-refractivity contribution in [2.45, 2.75) is 0 Å². The lowest BCUT2D eigenvalue weighted by Gasteiger charge is -2.10. The minimum Gasteiger partial charge on any atom is -0.322 e. The van der Waals surface area contributed by atoms with E-state index in [0.717, 1.165) is 24.5 Å². The van der Waals surface area contributed by atoms with E-state index in [4.69, 9.17) is 0 Å². The summed E-state index contributed by atoms with van der Waals surface area (Å²) in [6, 6.07) is 13.3. The number of anilines is 2. The van der Waals surface area contributed by atoms with Gasteiger partial charge in [-0.05, 0) is 48.5 Å². The van der Waals surface area contributed by atoms with Gasteiger partial charge in [0.2, 0.25) is 0 Å². The fraction of sp³-hybridized carbons (Fsp3) is 0. The van der Waals surface area contributed by atoms with Gasteiger partial charge in [0.25, 0.3) is 17.4 Å². The highest BCUT2D eigenvalue weighted by molar-refractivity contribution is 6.07. The Bertz CT molecular complexity index is 1370. The molecule has 0 aliphatic rings. The van der Waals surface area contributed by atoms with E-state index in [9.17, 15) is 23.2 Å². The highest BCUT2D eigenvalue weighted by Gasteiger charge is 2.14. The molecular weight excluding hydrogens is 406 g/mol. The van der Waals surface area contributed by atoms with Crippen LogP contribution in [0.15, 0.2) is 71.8 Å². The molecule has 0 bridgehead atoms. The van der Waals surface area contributed by atoms with Crippen molar-refractivity contribution in [2.75, 3.05) is 10.6 Å². The van der Waals surface area contributed by atoms with Crippen molar-refractivity contribution in [2.24, 2.45) is 0 Å². The third-order valence-corrected chi connectivity index (χ3v) is 4.47. The summed E-state index contributed by atoms with van der Waals surface area (Å²) in [5, 5.41) is 5.15. The van der Waals surface area contributed by atoms with Crippen LogP contribution in [0.4, 0.5) is 20.2 Å². The maximum Gasteiger partial charge on any atom is 0.258 e. The molecule has 3 aromatic carbocycles. The fourth-order valence-electron chi connectivity index (χ4n) is 2.92. The molecule has 0 saturated heterocycles. The molecule has 154 valence electrons. The zero-order chi connectivity index (χ0) is 22.0. The Labute approximate surface area is 173 Å². The molecule has 0 aliphatic heterocycles. The van der Waals surface area contributed by atoms with Crippen LogP contribution in [0.25, 0.3) is 10.9 Å². The van der Waals surface area contributed by atoms with Gasteiger partial charge < -0.3 is 15.6 Å². The van der Waals surface area contributed by atoms with Crippen LogP contribution in [-0.2, 0) is 0 Å². The molecule has 0 atom stereocenters. The number of hydrogen-bond acceptors (Lipinski definition) is 4. The number of carbonyl (C=O) groups is 2. The molecule has 1 aromatic heterocycles. The second kappa shape index (κ2) is 8.15. The first-order chi connectivity index (χ1) is 14.9. The van der Waals surface area contributed by atoms with Crippen molar-refractivity contribution in [1.29, 1.82) is 0 Å². The van der Waals surface area contributed by atoms with Gasteiger partial charge >= 0.3 is 0 Å². The summed E-state index contributed by atoms with van der Waals surface area (Å²) >= 11 is 0. The molecule has 0 aliphatic carbocycles. The van der Waals surface area contributed by atoms with Gasteiger partial charge in [0.1, 0.15) is 11.6 Å². The molecule has 1 heterocycles. The lowest BCUT2D eigenvalue weighted by molar-refractivity contribution is 0.101. The predicted molar refractivity (Wildman–Crippen MR) is 111 cm³/mol. The Kier molecular flexibility index (Phi) is 5.23. The average molecular weight is 420 g/mol. The number of fused-ring (bicyclic) bond motifs is 1. The Morgan fingerprint density at radius 2 is 1.61 bits per heavy atom. The van der Waals surface area contributed by atoms with Crippen LogP contribution in [0.3, 0.4) is 0 Å². The quantitative estimate of drug-likeness (QED) is 0.468. The topological polar surface area (TPSA) is 104 Å². The maximum absolute atomic E-state index is 14.3. The smallest absolute Gasteiger partial charge is 0.258 e. The SMILES string of the molecule is O=C(Nc1cccc(C(=O)Nc2cc3c(=O)[nH]cnc3cc2F)c1)c1ccc(F)cc1. The van der Waals surface area contributed by atoms with Crippen LogP contribution in [-0.4, -0.2) is 21.8 Å². The van der Waals surface area contributed by atoms with Gasteiger partial charge in [0, 0.05) is 22.9 Å². The van der Waals surface area contributed by atoms with Crippen molar-refractivity contribution < 1.29 is 18.4 Å². The van der Waals surface area contributed by atoms with Gasteiger partial charge in [-0.3, -0.25) is 14.4 Å². The number of nitrogens with zero attached hydrogens (tertiary/aromatic N) is 1. The number of aromatic nitrogens is 2. The first kappa shape index (κ1) is 19.9. The molecule has 0 spiro atoms. The molecule has 7 nitrogen and oxygen atoms in total. The first-order valence-electron chi connectivity index (χ1n) is 9.06. The van der Waals surface area contributed by atoms with Gasteiger partial charge in [0.05, 0.1) is 22.9 Å². The number of hydrogen-bond donors (Lipinski definition) is 3. The Balaban J connectivity index is 1.54. The summed E-state index contributed by atoms with van der Waals surface area (Å²) in [5.41, 5.74) is 0.221. The Morgan fingerprint density at radius 3 is 2.39 bits per heavy atom. The molecule has 0 saturated carbocycles. The first-order valence-corrected chi connectivity index (χ1v) is 9.06. The number of carbonyl (C=O) groups excluding carboxylic acids is 2. The molecule has 9 heteroatoms.